The van der Waals surface area contributed by atoms with Crippen molar-refractivity contribution in [3.63, 3.8) is 0 Å². The summed E-state index contributed by atoms with van der Waals surface area (Å²) in [5.74, 6) is 0.880. The summed E-state index contributed by atoms with van der Waals surface area (Å²) in [6, 6.07) is 0. The number of ether oxygens (including phenoxy) is 1. The fourth-order valence-corrected chi connectivity index (χ4v) is 4.97. The Hall–Kier alpha value is -0.890. The molecule has 3 atom stereocenters. The second kappa shape index (κ2) is 5.14. The first-order valence-electron chi connectivity index (χ1n) is 8.15. The van der Waals surface area contributed by atoms with Crippen LogP contribution >= 0.6 is 0 Å². The van der Waals surface area contributed by atoms with Crippen LogP contribution < -0.4 is 0 Å². The van der Waals surface area contributed by atoms with Crippen molar-refractivity contribution >= 4 is 5.78 Å². The van der Waals surface area contributed by atoms with Crippen molar-refractivity contribution in [2.24, 2.45) is 11.8 Å². The van der Waals surface area contributed by atoms with Crippen LogP contribution in [0.4, 0.5) is 0 Å². The fourth-order valence-electron chi connectivity index (χ4n) is 4.97. The molecule has 2 aliphatic carbocycles. The molecule has 2 nitrogen and oxygen atoms in total. The highest BCUT2D eigenvalue weighted by Gasteiger charge is 2.64. The molecular formula is C18H26O2. The predicted octanol–water partition coefficient (Wildman–Crippen LogP) is 4.21. The maximum Gasteiger partial charge on any atom is 0.171 e. The predicted molar refractivity (Wildman–Crippen MR) is 80.5 cm³/mol. The van der Waals surface area contributed by atoms with Crippen LogP contribution in [0.2, 0.25) is 0 Å². The molecule has 2 saturated carbocycles. The molecule has 0 aromatic rings. The highest BCUT2D eigenvalue weighted by molar-refractivity contribution is 5.93. The summed E-state index contributed by atoms with van der Waals surface area (Å²) in [5, 5.41) is 0. The molecule has 1 unspecified atom stereocenters. The SMILES string of the molecule is C=CC[C@@]12CCCC1C(=O)[C@](CC=C)(C1CCCC1)O2. The van der Waals surface area contributed by atoms with Gasteiger partial charge in [-0.1, -0.05) is 25.0 Å². The third-order valence-corrected chi connectivity index (χ3v) is 5.80. The van der Waals surface area contributed by atoms with E-state index in [-0.39, 0.29) is 11.5 Å². The van der Waals surface area contributed by atoms with Gasteiger partial charge in [0.15, 0.2) is 5.78 Å². The van der Waals surface area contributed by atoms with Crippen molar-refractivity contribution in [1.82, 2.24) is 0 Å². The van der Waals surface area contributed by atoms with Gasteiger partial charge in [-0.05, 0) is 44.4 Å². The van der Waals surface area contributed by atoms with E-state index in [0.29, 0.717) is 18.1 Å². The lowest BCUT2D eigenvalue weighted by molar-refractivity contribution is -0.152. The average Bonchev–Trinajstić information content (AvgIpc) is 3.10. The van der Waals surface area contributed by atoms with Crippen LogP contribution in [0.5, 0.6) is 0 Å². The number of Topliss-reactive ketones (excluding diaryl/α,β-unsaturated/α-hetero) is 1. The van der Waals surface area contributed by atoms with Gasteiger partial charge >= 0.3 is 0 Å². The molecule has 0 spiro atoms. The Labute approximate surface area is 122 Å². The summed E-state index contributed by atoms with van der Waals surface area (Å²) < 4.78 is 6.65. The zero-order chi connectivity index (χ0) is 14.2. The van der Waals surface area contributed by atoms with Gasteiger partial charge in [-0.15, -0.1) is 13.2 Å². The summed E-state index contributed by atoms with van der Waals surface area (Å²) in [4.78, 5) is 13.2. The normalized spacial score (nSPS) is 41.0. The van der Waals surface area contributed by atoms with E-state index in [1.54, 1.807) is 0 Å². The first-order valence-corrected chi connectivity index (χ1v) is 8.15. The maximum absolute atomic E-state index is 13.2. The van der Waals surface area contributed by atoms with E-state index in [9.17, 15) is 4.79 Å². The van der Waals surface area contributed by atoms with Crippen LogP contribution in [0.1, 0.15) is 57.8 Å². The zero-order valence-corrected chi connectivity index (χ0v) is 12.4. The van der Waals surface area contributed by atoms with Crippen molar-refractivity contribution in [1.29, 1.82) is 0 Å². The van der Waals surface area contributed by atoms with Crippen molar-refractivity contribution in [3.05, 3.63) is 25.3 Å². The smallest absolute Gasteiger partial charge is 0.171 e. The first-order chi connectivity index (χ1) is 9.68. The molecule has 0 bridgehead atoms. The first kappa shape index (κ1) is 14.1. The molecule has 20 heavy (non-hydrogen) atoms. The Bertz CT molecular complexity index is 421. The van der Waals surface area contributed by atoms with Crippen LogP contribution in [0.15, 0.2) is 25.3 Å². The highest BCUT2D eigenvalue weighted by atomic mass is 16.5. The monoisotopic (exact) mass is 274 g/mol. The summed E-state index contributed by atoms with van der Waals surface area (Å²) in [6.45, 7) is 7.77. The Morgan fingerprint density at radius 3 is 2.45 bits per heavy atom. The fraction of sp³-hybridized carbons (Fsp3) is 0.722. The lowest BCUT2D eigenvalue weighted by Crippen LogP contribution is -2.44. The number of carbonyl (C=O) groups excluding carboxylic acids is 1. The molecule has 0 amide bonds. The highest BCUT2D eigenvalue weighted by Crippen LogP contribution is 2.57. The Morgan fingerprint density at radius 2 is 1.80 bits per heavy atom. The molecule has 2 heteroatoms. The van der Waals surface area contributed by atoms with Gasteiger partial charge in [-0.25, -0.2) is 0 Å². The van der Waals surface area contributed by atoms with Crippen LogP contribution in [-0.4, -0.2) is 17.0 Å². The lowest BCUT2D eigenvalue weighted by Gasteiger charge is -2.36. The van der Waals surface area contributed by atoms with E-state index in [1.165, 1.54) is 12.8 Å². The molecule has 0 N–H and O–H groups in total. The molecule has 1 aliphatic heterocycles. The molecule has 110 valence electrons. The minimum atomic E-state index is -0.563. The Balaban J connectivity index is 1.97. The molecule has 3 fully saturated rings. The number of hydrogen-bond acceptors (Lipinski definition) is 2. The van der Waals surface area contributed by atoms with Crippen molar-refractivity contribution in [2.75, 3.05) is 0 Å². The number of ketones is 1. The molecule has 1 saturated heterocycles. The lowest BCUT2D eigenvalue weighted by atomic mass is 9.76. The Morgan fingerprint density at radius 1 is 1.10 bits per heavy atom. The minimum Gasteiger partial charge on any atom is -0.359 e. The summed E-state index contributed by atoms with van der Waals surface area (Å²) in [6.07, 6.45) is 13.2. The van der Waals surface area contributed by atoms with Crippen LogP contribution in [0.25, 0.3) is 0 Å². The van der Waals surface area contributed by atoms with E-state index in [1.807, 2.05) is 12.2 Å². The minimum absolute atomic E-state index is 0.0982. The van der Waals surface area contributed by atoms with Crippen molar-refractivity contribution in [3.8, 4) is 0 Å². The number of carbonyl (C=O) groups is 1. The van der Waals surface area contributed by atoms with Crippen molar-refractivity contribution < 1.29 is 9.53 Å². The van der Waals surface area contributed by atoms with E-state index in [4.69, 9.17) is 4.74 Å². The van der Waals surface area contributed by atoms with Crippen LogP contribution in [-0.2, 0) is 9.53 Å². The standard InChI is InChI=1S/C18H26O2/c1-3-11-17-13-7-10-15(17)16(19)18(20-17,12-4-2)14-8-5-6-9-14/h3-4,14-15H,1-2,5-13H2/t15?,17-,18+/m1/s1. The van der Waals surface area contributed by atoms with E-state index in [2.05, 4.69) is 13.2 Å². The van der Waals surface area contributed by atoms with Gasteiger partial charge in [0.2, 0.25) is 0 Å². The molecule has 0 aromatic carbocycles. The van der Waals surface area contributed by atoms with Gasteiger partial charge < -0.3 is 4.74 Å². The number of hydrogen-bond donors (Lipinski definition) is 0. The van der Waals surface area contributed by atoms with E-state index in [0.717, 1.165) is 38.5 Å². The average molecular weight is 274 g/mol. The zero-order valence-electron chi connectivity index (χ0n) is 12.4. The topological polar surface area (TPSA) is 26.3 Å². The quantitative estimate of drug-likeness (QED) is 0.702. The van der Waals surface area contributed by atoms with E-state index < -0.39 is 5.60 Å². The summed E-state index contributed by atoms with van der Waals surface area (Å²) in [7, 11) is 0. The summed E-state index contributed by atoms with van der Waals surface area (Å²) >= 11 is 0. The molecule has 0 aromatic heterocycles. The van der Waals surface area contributed by atoms with Gasteiger partial charge in [-0.2, -0.15) is 0 Å². The summed E-state index contributed by atoms with van der Waals surface area (Å²) in [5.41, 5.74) is -0.809. The van der Waals surface area contributed by atoms with E-state index >= 15 is 0 Å². The Kier molecular flexibility index (Phi) is 3.62. The molecular weight excluding hydrogens is 248 g/mol. The van der Waals surface area contributed by atoms with Crippen LogP contribution in [0.3, 0.4) is 0 Å². The second-order valence-corrected chi connectivity index (χ2v) is 6.83. The number of fused-ring (bicyclic) bond motifs is 1. The largest absolute Gasteiger partial charge is 0.359 e. The third kappa shape index (κ3) is 1.84. The van der Waals surface area contributed by atoms with Crippen molar-refractivity contribution in [2.45, 2.75) is 69.0 Å². The molecule has 3 aliphatic rings. The molecule has 1 heterocycles. The van der Waals surface area contributed by atoms with Gasteiger partial charge in [0.1, 0.15) is 5.60 Å². The second-order valence-electron chi connectivity index (χ2n) is 6.83. The van der Waals surface area contributed by atoms with Gasteiger partial charge in [-0.3, -0.25) is 4.79 Å². The number of rotatable bonds is 5. The molecule has 0 radical (unpaired) electrons. The maximum atomic E-state index is 13.2. The van der Waals surface area contributed by atoms with Gasteiger partial charge in [0, 0.05) is 6.42 Å². The third-order valence-electron chi connectivity index (χ3n) is 5.80. The van der Waals surface area contributed by atoms with Gasteiger partial charge in [0.05, 0.1) is 11.5 Å². The molecule has 3 rings (SSSR count). The van der Waals surface area contributed by atoms with Crippen LogP contribution in [0, 0.1) is 11.8 Å². The van der Waals surface area contributed by atoms with Gasteiger partial charge in [0.25, 0.3) is 0 Å².